The Labute approximate surface area is 135 Å². The molecular formula is C18H21FN2O2. The van der Waals surface area contributed by atoms with Gasteiger partial charge in [0.1, 0.15) is 12.4 Å². The van der Waals surface area contributed by atoms with Gasteiger partial charge in [-0.15, -0.1) is 0 Å². The molecule has 0 spiro atoms. The van der Waals surface area contributed by atoms with E-state index in [2.05, 4.69) is 4.98 Å². The van der Waals surface area contributed by atoms with Gasteiger partial charge in [-0.3, -0.25) is 0 Å². The molecule has 5 heteroatoms. The van der Waals surface area contributed by atoms with E-state index in [0.29, 0.717) is 19.0 Å². The van der Waals surface area contributed by atoms with Crippen LogP contribution in [0.3, 0.4) is 0 Å². The Balaban J connectivity index is 1.37. The number of hydrogen-bond acceptors (Lipinski definition) is 4. The highest BCUT2D eigenvalue weighted by Crippen LogP contribution is 2.21. The van der Waals surface area contributed by atoms with Crippen molar-refractivity contribution in [3.8, 4) is 5.75 Å². The minimum absolute atomic E-state index is 0.206. The van der Waals surface area contributed by atoms with Crippen molar-refractivity contribution in [2.24, 2.45) is 0 Å². The van der Waals surface area contributed by atoms with E-state index in [0.717, 1.165) is 31.7 Å². The minimum Gasteiger partial charge on any atom is -0.491 e. The Bertz CT molecular complexity index is 601. The normalized spacial score (nSPS) is 15.6. The Morgan fingerprint density at radius 3 is 2.57 bits per heavy atom. The second-order valence-electron chi connectivity index (χ2n) is 5.53. The summed E-state index contributed by atoms with van der Waals surface area (Å²) in [5.41, 5.74) is 0. The van der Waals surface area contributed by atoms with Crippen LogP contribution >= 0.6 is 0 Å². The van der Waals surface area contributed by atoms with Gasteiger partial charge < -0.3 is 14.4 Å². The molecule has 2 heterocycles. The molecule has 1 aromatic carbocycles. The Hall–Kier alpha value is -2.14. The first kappa shape index (κ1) is 15.7. The van der Waals surface area contributed by atoms with Gasteiger partial charge in [0, 0.05) is 19.3 Å². The monoisotopic (exact) mass is 316 g/mol. The molecule has 1 aliphatic rings. The molecule has 122 valence electrons. The molecule has 0 amide bonds. The molecule has 1 saturated heterocycles. The first-order chi connectivity index (χ1) is 11.3. The predicted octanol–water partition coefficient (Wildman–Crippen LogP) is 3.29. The lowest BCUT2D eigenvalue weighted by Gasteiger charge is -2.32. The molecule has 0 aliphatic carbocycles. The topological polar surface area (TPSA) is 34.6 Å². The highest BCUT2D eigenvalue weighted by Gasteiger charge is 2.22. The summed E-state index contributed by atoms with van der Waals surface area (Å²) in [6.07, 6.45) is 3.59. The number of benzene rings is 1. The third-order valence-corrected chi connectivity index (χ3v) is 3.93. The molecular weight excluding hydrogens is 295 g/mol. The molecule has 23 heavy (non-hydrogen) atoms. The number of nitrogens with zero attached hydrogens (tertiary/aromatic N) is 2. The summed E-state index contributed by atoms with van der Waals surface area (Å²) in [6.45, 7) is 2.63. The van der Waals surface area contributed by atoms with Crippen LogP contribution in [0.25, 0.3) is 0 Å². The molecule has 1 fully saturated rings. The highest BCUT2D eigenvalue weighted by atomic mass is 19.1. The fourth-order valence-electron chi connectivity index (χ4n) is 2.74. The predicted molar refractivity (Wildman–Crippen MR) is 87.3 cm³/mol. The van der Waals surface area contributed by atoms with E-state index in [9.17, 15) is 4.39 Å². The van der Waals surface area contributed by atoms with Gasteiger partial charge in [-0.2, -0.15) is 0 Å². The molecule has 2 aromatic rings. The number of para-hydroxylation sites is 1. The zero-order chi connectivity index (χ0) is 15.9. The Morgan fingerprint density at radius 2 is 1.83 bits per heavy atom. The summed E-state index contributed by atoms with van der Waals surface area (Å²) < 4.78 is 25.2. The lowest BCUT2D eigenvalue weighted by Crippen LogP contribution is -2.38. The SMILES string of the molecule is Fc1cccnc1N1CCC(OCCOc2ccccc2)CC1. The lowest BCUT2D eigenvalue weighted by molar-refractivity contribution is 0.0201. The zero-order valence-electron chi connectivity index (χ0n) is 13.0. The van der Waals surface area contributed by atoms with E-state index in [1.54, 1.807) is 12.3 Å². The summed E-state index contributed by atoms with van der Waals surface area (Å²) in [4.78, 5) is 6.11. The number of aromatic nitrogens is 1. The van der Waals surface area contributed by atoms with E-state index < -0.39 is 0 Å². The van der Waals surface area contributed by atoms with Gasteiger partial charge in [0.05, 0.1) is 12.7 Å². The van der Waals surface area contributed by atoms with Gasteiger partial charge in [0.15, 0.2) is 11.6 Å². The van der Waals surface area contributed by atoms with Crippen molar-refractivity contribution in [2.75, 3.05) is 31.2 Å². The van der Waals surface area contributed by atoms with E-state index in [1.807, 2.05) is 35.2 Å². The average Bonchev–Trinajstić information content (AvgIpc) is 2.61. The van der Waals surface area contributed by atoms with Gasteiger partial charge in [0.25, 0.3) is 0 Å². The molecule has 0 bridgehead atoms. The van der Waals surface area contributed by atoms with Crippen LogP contribution in [0.4, 0.5) is 10.2 Å². The van der Waals surface area contributed by atoms with Gasteiger partial charge in [0.2, 0.25) is 0 Å². The number of ether oxygens (including phenoxy) is 2. The summed E-state index contributed by atoms with van der Waals surface area (Å²) in [5, 5.41) is 0. The van der Waals surface area contributed by atoms with Crippen molar-refractivity contribution in [1.29, 1.82) is 0 Å². The number of hydrogen-bond donors (Lipinski definition) is 0. The van der Waals surface area contributed by atoms with Crippen LogP contribution in [0.1, 0.15) is 12.8 Å². The quantitative estimate of drug-likeness (QED) is 0.766. The number of anilines is 1. The van der Waals surface area contributed by atoms with Crippen molar-refractivity contribution in [3.63, 3.8) is 0 Å². The van der Waals surface area contributed by atoms with Crippen LogP contribution in [-0.4, -0.2) is 37.4 Å². The van der Waals surface area contributed by atoms with Gasteiger partial charge >= 0.3 is 0 Å². The molecule has 0 radical (unpaired) electrons. The van der Waals surface area contributed by atoms with Crippen molar-refractivity contribution in [3.05, 3.63) is 54.5 Å². The second-order valence-corrected chi connectivity index (χ2v) is 5.53. The highest BCUT2D eigenvalue weighted by molar-refractivity contribution is 5.39. The molecule has 3 rings (SSSR count). The third kappa shape index (κ3) is 4.42. The molecule has 4 nitrogen and oxygen atoms in total. The summed E-state index contributed by atoms with van der Waals surface area (Å²) >= 11 is 0. The standard InChI is InChI=1S/C18H21FN2O2/c19-17-7-4-10-20-18(17)21-11-8-16(9-12-21)23-14-13-22-15-5-2-1-3-6-15/h1-7,10,16H,8-9,11-14H2. The summed E-state index contributed by atoms with van der Waals surface area (Å²) in [7, 11) is 0. The Morgan fingerprint density at radius 1 is 1.04 bits per heavy atom. The van der Waals surface area contributed by atoms with Gasteiger partial charge in [-0.05, 0) is 37.1 Å². The number of piperidine rings is 1. The molecule has 0 N–H and O–H groups in total. The molecule has 0 atom stereocenters. The van der Waals surface area contributed by atoms with E-state index in [4.69, 9.17) is 9.47 Å². The first-order valence-corrected chi connectivity index (χ1v) is 7.98. The fourth-order valence-corrected chi connectivity index (χ4v) is 2.74. The summed E-state index contributed by atoms with van der Waals surface area (Å²) in [6, 6.07) is 12.8. The summed E-state index contributed by atoms with van der Waals surface area (Å²) in [5.74, 6) is 1.04. The molecule has 0 saturated carbocycles. The van der Waals surface area contributed by atoms with Gasteiger partial charge in [-0.25, -0.2) is 9.37 Å². The maximum atomic E-state index is 13.7. The lowest BCUT2D eigenvalue weighted by atomic mass is 10.1. The van der Waals surface area contributed by atoms with Crippen LogP contribution in [0.5, 0.6) is 5.75 Å². The van der Waals surface area contributed by atoms with Crippen LogP contribution in [-0.2, 0) is 4.74 Å². The third-order valence-electron chi connectivity index (χ3n) is 3.93. The van der Waals surface area contributed by atoms with E-state index in [1.165, 1.54) is 6.07 Å². The first-order valence-electron chi connectivity index (χ1n) is 7.98. The fraction of sp³-hybridized carbons (Fsp3) is 0.389. The number of halogens is 1. The van der Waals surface area contributed by atoms with Crippen molar-refractivity contribution in [1.82, 2.24) is 4.98 Å². The van der Waals surface area contributed by atoms with Gasteiger partial charge in [-0.1, -0.05) is 18.2 Å². The molecule has 1 aliphatic heterocycles. The van der Waals surface area contributed by atoms with E-state index >= 15 is 0 Å². The minimum atomic E-state index is -0.261. The molecule has 1 aromatic heterocycles. The zero-order valence-corrected chi connectivity index (χ0v) is 13.0. The Kier molecular flexibility index (Phi) is 5.42. The average molecular weight is 316 g/mol. The largest absolute Gasteiger partial charge is 0.491 e. The van der Waals surface area contributed by atoms with Crippen molar-refractivity contribution < 1.29 is 13.9 Å². The number of rotatable bonds is 6. The smallest absolute Gasteiger partial charge is 0.165 e. The molecule has 0 unspecified atom stereocenters. The van der Waals surface area contributed by atoms with Crippen LogP contribution in [0.2, 0.25) is 0 Å². The van der Waals surface area contributed by atoms with Crippen molar-refractivity contribution in [2.45, 2.75) is 18.9 Å². The maximum absolute atomic E-state index is 13.7. The number of pyridine rings is 1. The van der Waals surface area contributed by atoms with Crippen LogP contribution in [0.15, 0.2) is 48.7 Å². The van der Waals surface area contributed by atoms with Crippen LogP contribution < -0.4 is 9.64 Å². The van der Waals surface area contributed by atoms with Crippen LogP contribution in [0, 0.1) is 5.82 Å². The maximum Gasteiger partial charge on any atom is 0.165 e. The second kappa shape index (κ2) is 7.92. The van der Waals surface area contributed by atoms with Crippen molar-refractivity contribution >= 4 is 5.82 Å². The van der Waals surface area contributed by atoms with E-state index in [-0.39, 0.29) is 11.9 Å².